The molecule has 0 aromatic heterocycles. The number of carbonyl (C=O) groups excluding carboxylic acids is 2. The average molecular weight is 281 g/mol. The largest absolute Gasteiger partial charge is 0.467 e. The van der Waals surface area contributed by atoms with Gasteiger partial charge in [-0.15, -0.1) is 0 Å². The molecule has 0 spiro atoms. The SMILES string of the molecule is COC(=O)[C@H](C[C@@H](C)O)NC(=O)OCc1ccccc1. The lowest BCUT2D eigenvalue weighted by Crippen LogP contribution is -2.43. The molecule has 1 aromatic carbocycles. The van der Waals surface area contributed by atoms with E-state index in [-0.39, 0.29) is 13.0 Å². The molecular weight excluding hydrogens is 262 g/mol. The third kappa shape index (κ3) is 5.71. The van der Waals surface area contributed by atoms with Gasteiger partial charge in [0.15, 0.2) is 0 Å². The Hall–Kier alpha value is -2.08. The number of hydrogen-bond donors (Lipinski definition) is 2. The highest BCUT2D eigenvalue weighted by Crippen LogP contribution is 2.03. The minimum atomic E-state index is -0.928. The molecule has 20 heavy (non-hydrogen) atoms. The van der Waals surface area contributed by atoms with Crippen LogP contribution in [0, 0.1) is 0 Å². The molecule has 0 aliphatic rings. The van der Waals surface area contributed by atoms with E-state index in [0.29, 0.717) is 0 Å². The Morgan fingerprint density at radius 2 is 1.95 bits per heavy atom. The molecule has 1 amide bonds. The van der Waals surface area contributed by atoms with E-state index in [2.05, 4.69) is 10.1 Å². The van der Waals surface area contributed by atoms with Crippen LogP contribution in [0.4, 0.5) is 4.79 Å². The van der Waals surface area contributed by atoms with Gasteiger partial charge in [-0.3, -0.25) is 0 Å². The van der Waals surface area contributed by atoms with Crippen molar-refractivity contribution in [3.05, 3.63) is 35.9 Å². The number of amides is 1. The van der Waals surface area contributed by atoms with E-state index in [0.717, 1.165) is 5.56 Å². The number of esters is 1. The Labute approximate surface area is 117 Å². The maximum absolute atomic E-state index is 11.6. The van der Waals surface area contributed by atoms with Crippen LogP contribution in [0.1, 0.15) is 18.9 Å². The maximum Gasteiger partial charge on any atom is 0.408 e. The standard InChI is InChI=1S/C14H19NO5/c1-10(16)8-12(13(17)19-2)15-14(18)20-9-11-6-4-3-5-7-11/h3-7,10,12,16H,8-9H2,1-2H3,(H,15,18)/t10-,12+/m1/s1. The maximum atomic E-state index is 11.6. The normalized spacial score (nSPS) is 13.2. The predicted molar refractivity (Wildman–Crippen MR) is 71.9 cm³/mol. The average Bonchev–Trinajstić information content (AvgIpc) is 2.44. The van der Waals surface area contributed by atoms with Crippen LogP contribution in [0.5, 0.6) is 0 Å². The molecule has 1 aromatic rings. The number of aliphatic hydroxyl groups is 1. The number of benzene rings is 1. The zero-order valence-electron chi connectivity index (χ0n) is 11.5. The first kappa shape index (κ1) is 16.0. The zero-order chi connectivity index (χ0) is 15.0. The molecular formula is C14H19NO5. The molecule has 0 saturated carbocycles. The second-order valence-electron chi connectivity index (χ2n) is 4.37. The van der Waals surface area contributed by atoms with Crippen molar-refractivity contribution in [2.45, 2.75) is 32.1 Å². The minimum absolute atomic E-state index is 0.0626. The second kappa shape index (κ2) is 8.16. The molecule has 0 saturated heterocycles. The molecule has 6 heteroatoms. The molecule has 0 unspecified atom stereocenters. The number of carbonyl (C=O) groups is 2. The Morgan fingerprint density at radius 1 is 1.30 bits per heavy atom. The second-order valence-corrected chi connectivity index (χ2v) is 4.37. The Kier molecular flexibility index (Phi) is 6.52. The lowest BCUT2D eigenvalue weighted by molar-refractivity contribution is -0.143. The van der Waals surface area contributed by atoms with Gasteiger partial charge in [-0.05, 0) is 12.5 Å². The molecule has 0 radical (unpaired) electrons. The first-order valence-electron chi connectivity index (χ1n) is 6.26. The Balaban J connectivity index is 2.47. The number of methoxy groups -OCH3 is 1. The topological polar surface area (TPSA) is 84.9 Å². The van der Waals surface area contributed by atoms with E-state index in [1.165, 1.54) is 14.0 Å². The number of rotatable bonds is 6. The first-order valence-corrected chi connectivity index (χ1v) is 6.26. The molecule has 2 N–H and O–H groups in total. The molecule has 0 heterocycles. The molecule has 0 fully saturated rings. The van der Waals surface area contributed by atoms with Gasteiger partial charge in [0.2, 0.25) is 0 Å². The van der Waals surface area contributed by atoms with Crippen LogP contribution >= 0.6 is 0 Å². The summed E-state index contributed by atoms with van der Waals surface area (Å²) in [4.78, 5) is 23.1. The van der Waals surface area contributed by atoms with Gasteiger partial charge >= 0.3 is 12.1 Å². The van der Waals surface area contributed by atoms with Crippen LogP contribution < -0.4 is 5.32 Å². The summed E-state index contributed by atoms with van der Waals surface area (Å²) >= 11 is 0. The highest BCUT2D eigenvalue weighted by Gasteiger charge is 2.23. The monoisotopic (exact) mass is 281 g/mol. The van der Waals surface area contributed by atoms with Crippen molar-refractivity contribution >= 4 is 12.1 Å². The van der Waals surface area contributed by atoms with E-state index >= 15 is 0 Å². The fourth-order valence-corrected chi connectivity index (χ4v) is 1.60. The number of aliphatic hydroxyl groups excluding tert-OH is 1. The van der Waals surface area contributed by atoms with Crippen LogP contribution in [-0.2, 0) is 20.9 Å². The minimum Gasteiger partial charge on any atom is -0.467 e. The summed E-state index contributed by atoms with van der Waals surface area (Å²) < 4.78 is 9.55. The van der Waals surface area contributed by atoms with E-state index in [1.807, 2.05) is 30.3 Å². The van der Waals surface area contributed by atoms with Crippen LogP contribution in [0.2, 0.25) is 0 Å². The zero-order valence-corrected chi connectivity index (χ0v) is 11.5. The van der Waals surface area contributed by atoms with Gasteiger partial charge < -0.3 is 19.9 Å². The van der Waals surface area contributed by atoms with Crippen molar-refractivity contribution in [2.24, 2.45) is 0 Å². The van der Waals surface area contributed by atoms with Gasteiger partial charge in [0.1, 0.15) is 12.6 Å². The molecule has 0 bridgehead atoms. The highest BCUT2D eigenvalue weighted by molar-refractivity contribution is 5.81. The molecule has 0 aliphatic heterocycles. The van der Waals surface area contributed by atoms with Crippen LogP contribution in [0.3, 0.4) is 0 Å². The van der Waals surface area contributed by atoms with Crippen molar-refractivity contribution < 1.29 is 24.2 Å². The summed E-state index contributed by atoms with van der Waals surface area (Å²) in [6.07, 6.45) is -1.41. The van der Waals surface area contributed by atoms with Crippen molar-refractivity contribution in [1.82, 2.24) is 5.32 Å². The Morgan fingerprint density at radius 3 is 2.50 bits per heavy atom. The van der Waals surface area contributed by atoms with E-state index in [9.17, 15) is 14.7 Å². The predicted octanol–water partition coefficient (Wildman–Crippen LogP) is 1.23. The lowest BCUT2D eigenvalue weighted by atomic mass is 10.1. The number of alkyl carbamates (subject to hydrolysis) is 1. The number of nitrogens with one attached hydrogen (secondary N) is 1. The third-order valence-electron chi connectivity index (χ3n) is 2.57. The summed E-state index contributed by atoms with van der Waals surface area (Å²) in [5.74, 6) is -0.623. The van der Waals surface area contributed by atoms with Crippen LogP contribution in [0.25, 0.3) is 0 Å². The lowest BCUT2D eigenvalue weighted by Gasteiger charge is -2.17. The highest BCUT2D eigenvalue weighted by atomic mass is 16.6. The fourth-order valence-electron chi connectivity index (χ4n) is 1.60. The smallest absolute Gasteiger partial charge is 0.408 e. The molecule has 110 valence electrons. The van der Waals surface area contributed by atoms with E-state index in [4.69, 9.17) is 4.74 Å². The number of hydrogen-bond acceptors (Lipinski definition) is 5. The Bertz CT molecular complexity index is 432. The molecule has 6 nitrogen and oxygen atoms in total. The summed E-state index contributed by atoms with van der Waals surface area (Å²) in [5, 5.41) is 11.7. The summed E-state index contributed by atoms with van der Waals surface area (Å²) in [6.45, 7) is 1.63. The van der Waals surface area contributed by atoms with E-state index < -0.39 is 24.2 Å². The molecule has 1 rings (SSSR count). The van der Waals surface area contributed by atoms with Crippen molar-refractivity contribution in [3.63, 3.8) is 0 Å². The van der Waals surface area contributed by atoms with E-state index in [1.54, 1.807) is 0 Å². The third-order valence-corrected chi connectivity index (χ3v) is 2.57. The van der Waals surface area contributed by atoms with Gasteiger partial charge in [-0.2, -0.15) is 0 Å². The van der Waals surface area contributed by atoms with Crippen LogP contribution in [0.15, 0.2) is 30.3 Å². The first-order chi connectivity index (χ1) is 9.52. The molecule has 2 atom stereocenters. The molecule has 0 aliphatic carbocycles. The van der Waals surface area contributed by atoms with Crippen molar-refractivity contribution in [1.29, 1.82) is 0 Å². The van der Waals surface area contributed by atoms with Gasteiger partial charge in [0.25, 0.3) is 0 Å². The summed E-state index contributed by atoms with van der Waals surface area (Å²) in [7, 11) is 1.22. The van der Waals surface area contributed by atoms with Gasteiger partial charge in [0.05, 0.1) is 13.2 Å². The van der Waals surface area contributed by atoms with Crippen LogP contribution in [-0.4, -0.2) is 36.4 Å². The van der Waals surface area contributed by atoms with Crippen molar-refractivity contribution in [3.8, 4) is 0 Å². The van der Waals surface area contributed by atoms with Crippen molar-refractivity contribution in [2.75, 3.05) is 7.11 Å². The van der Waals surface area contributed by atoms with Gasteiger partial charge in [0, 0.05) is 6.42 Å². The summed E-state index contributed by atoms with van der Waals surface area (Å²) in [5.41, 5.74) is 0.841. The summed E-state index contributed by atoms with van der Waals surface area (Å²) in [6, 6.07) is 8.24. The fraction of sp³-hybridized carbons (Fsp3) is 0.429. The van der Waals surface area contributed by atoms with Gasteiger partial charge in [-0.1, -0.05) is 30.3 Å². The quantitative estimate of drug-likeness (QED) is 0.766. The van der Waals surface area contributed by atoms with Gasteiger partial charge in [-0.25, -0.2) is 9.59 Å². The number of ether oxygens (including phenoxy) is 2.